The first-order chi connectivity index (χ1) is 15.6. The van der Waals surface area contributed by atoms with E-state index in [0.717, 1.165) is 31.0 Å². The van der Waals surface area contributed by atoms with Crippen molar-refractivity contribution in [1.29, 1.82) is 5.26 Å². The van der Waals surface area contributed by atoms with Crippen LogP contribution >= 0.6 is 0 Å². The molecule has 0 saturated carbocycles. The minimum Gasteiger partial charge on any atom is -0.397 e. The van der Waals surface area contributed by atoms with Crippen LogP contribution in [-0.4, -0.2) is 36.3 Å². The molecule has 0 unspecified atom stereocenters. The molecule has 0 spiro atoms. The summed E-state index contributed by atoms with van der Waals surface area (Å²) in [5.41, 5.74) is 9.48. The Hall–Kier alpha value is -3.80. The molecule has 1 aromatic heterocycles. The Kier molecular flexibility index (Phi) is 6.40. The highest BCUT2D eigenvalue weighted by Crippen LogP contribution is 2.23. The zero-order valence-corrected chi connectivity index (χ0v) is 17.8. The fourth-order valence-corrected chi connectivity index (χ4v) is 3.91. The van der Waals surface area contributed by atoms with Crippen LogP contribution in [0.3, 0.4) is 0 Å². The van der Waals surface area contributed by atoms with Crippen molar-refractivity contribution in [2.45, 2.75) is 13.0 Å². The molecule has 0 radical (unpaired) electrons. The van der Waals surface area contributed by atoms with Gasteiger partial charge in [0.2, 0.25) is 0 Å². The summed E-state index contributed by atoms with van der Waals surface area (Å²) < 4.78 is 5.53. The van der Waals surface area contributed by atoms with Gasteiger partial charge in [0.05, 0.1) is 36.0 Å². The maximum atomic E-state index is 12.8. The van der Waals surface area contributed by atoms with Gasteiger partial charge in [0.25, 0.3) is 0 Å². The van der Waals surface area contributed by atoms with Crippen LogP contribution in [0.25, 0.3) is 16.6 Å². The zero-order valence-electron chi connectivity index (χ0n) is 17.8. The molecule has 2 heterocycles. The van der Waals surface area contributed by atoms with Gasteiger partial charge in [-0.2, -0.15) is 5.26 Å². The van der Waals surface area contributed by atoms with Crippen LogP contribution < -0.4 is 21.9 Å². The number of fused-ring (bicyclic) bond motifs is 1. The standard InChI is InChI=1S/C24H26N6O2/c25-14-17-5-1-2-6-18(17)15-30(27)16-21(26)19-7-3-8-20-22(31)13-23(28-24(19)20)29-9-4-11-32-12-10-29/h1-3,5-8,13,16H,4,9-12,15,26-27H2,(H,28,31)/b21-16-. The molecule has 3 aromatic rings. The van der Waals surface area contributed by atoms with Crippen molar-refractivity contribution in [3.05, 3.63) is 81.6 Å². The van der Waals surface area contributed by atoms with Crippen LogP contribution in [0.4, 0.5) is 5.82 Å². The van der Waals surface area contributed by atoms with Crippen molar-refractivity contribution < 1.29 is 4.74 Å². The van der Waals surface area contributed by atoms with Crippen molar-refractivity contribution in [3.8, 4) is 6.07 Å². The summed E-state index contributed by atoms with van der Waals surface area (Å²) in [6.45, 7) is 3.19. The van der Waals surface area contributed by atoms with E-state index in [1.165, 1.54) is 5.01 Å². The van der Waals surface area contributed by atoms with E-state index in [4.69, 9.17) is 16.3 Å². The van der Waals surface area contributed by atoms with E-state index in [1.54, 1.807) is 30.5 Å². The third-order valence-corrected chi connectivity index (χ3v) is 5.52. The summed E-state index contributed by atoms with van der Waals surface area (Å²) in [6.07, 6.45) is 2.52. The number of aromatic nitrogens is 1. The van der Waals surface area contributed by atoms with Gasteiger partial charge in [-0.15, -0.1) is 0 Å². The van der Waals surface area contributed by atoms with E-state index in [-0.39, 0.29) is 5.43 Å². The molecule has 32 heavy (non-hydrogen) atoms. The van der Waals surface area contributed by atoms with Gasteiger partial charge in [0.1, 0.15) is 5.82 Å². The van der Waals surface area contributed by atoms with Gasteiger partial charge in [-0.1, -0.05) is 30.3 Å². The normalized spacial score (nSPS) is 14.8. The first kappa shape index (κ1) is 21.4. The number of benzene rings is 2. The van der Waals surface area contributed by atoms with Crippen LogP contribution in [0.1, 0.15) is 23.1 Å². The quantitative estimate of drug-likeness (QED) is 0.419. The van der Waals surface area contributed by atoms with E-state index < -0.39 is 0 Å². The number of hydrogen-bond donors (Lipinski definition) is 3. The van der Waals surface area contributed by atoms with Crippen LogP contribution in [0.15, 0.2) is 59.5 Å². The first-order valence-electron chi connectivity index (χ1n) is 10.5. The molecule has 8 nitrogen and oxygen atoms in total. The Balaban J connectivity index is 1.68. The third-order valence-electron chi connectivity index (χ3n) is 5.52. The van der Waals surface area contributed by atoms with E-state index in [9.17, 15) is 10.1 Å². The van der Waals surface area contributed by atoms with Crippen molar-refractivity contribution in [2.75, 3.05) is 31.2 Å². The van der Waals surface area contributed by atoms with Crippen LogP contribution in [-0.2, 0) is 11.3 Å². The lowest BCUT2D eigenvalue weighted by atomic mass is 10.1. The number of rotatable bonds is 5. The van der Waals surface area contributed by atoms with Crippen LogP contribution in [0, 0.1) is 11.3 Å². The van der Waals surface area contributed by atoms with Crippen molar-refractivity contribution in [1.82, 2.24) is 9.99 Å². The molecule has 1 fully saturated rings. The largest absolute Gasteiger partial charge is 0.397 e. The zero-order chi connectivity index (χ0) is 22.5. The smallest absolute Gasteiger partial charge is 0.191 e. The average molecular weight is 431 g/mol. The molecule has 1 aliphatic heterocycles. The first-order valence-corrected chi connectivity index (χ1v) is 10.5. The third kappa shape index (κ3) is 4.59. The molecule has 0 bridgehead atoms. The molecule has 1 aliphatic rings. The van der Waals surface area contributed by atoms with Crippen molar-refractivity contribution in [2.24, 2.45) is 11.6 Å². The highest BCUT2D eigenvalue weighted by Gasteiger charge is 2.15. The number of hydrazine groups is 1. The predicted octanol–water partition coefficient (Wildman–Crippen LogP) is 2.26. The van der Waals surface area contributed by atoms with Crippen molar-refractivity contribution >= 4 is 22.4 Å². The molecule has 0 aliphatic carbocycles. The van der Waals surface area contributed by atoms with E-state index >= 15 is 0 Å². The minimum absolute atomic E-state index is 0.0684. The molecule has 0 amide bonds. The molecule has 164 valence electrons. The van der Waals surface area contributed by atoms with Gasteiger partial charge in [0, 0.05) is 42.9 Å². The number of nitrogens with one attached hydrogen (secondary N) is 1. The topological polar surface area (TPSA) is 124 Å². The average Bonchev–Trinajstić information content (AvgIpc) is 3.08. The Morgan fingerprint density at radius 3 is 2.91 bits per heavy atom. The molecular formula is C24H26N6O2. The second kappa shape index (κ2) is 9.56. The molecule has 4 rings (SSSR count). The molecule has 5 N–H and O–H groups in total. The van der Waals surface area contributed by atoms with Gasteiger partial charge in [-0.05, 0) is 24.1 Å². The van der Waals surface area contributed by atoms with Crippen LogP contribution in [0.5, 0.6) is 0 Å². The second-order valence-corrected chi connectivity index (χ2v) is 7.73. The SMILES string of the molecule is N#Cc1ccccc1CN(N)/C=C(\N)c1cccc2c(=O)cc(N3CCCOCC3)[nH]c12. The number of nitriles is 1. The number of para-hydroxylation sites is 1. The molecule has 1 saturated heterocycles. The fourth-order valence-electron chi connectivity index (χ4n) is 3.91. The number of nitrogens with zero attached hydrogens (tertiary/aromatic N) is 3. The Morgan fingerprint density at radius 2 is 2.06 bits per heavy atom. The molecular weight excluding hydrogens is 404 g/mol. The number of ether oxygens (including phenoxy) is 1. The van der Waals surface area contributed by atoms with Crippen molar-refractivity contribution in [3.63, 3.8) is 0 Å². The van der Waals surface area contributed by atoms with Gasteiger partial charge in [-0.25, -0.2) is 5.84 Å². The highest BCUT2D eigenvalue weighted by molar-refractivity contribution is 5.91. The van der Waals surface area contributed by atoms with Gasteiger partial charge < -0.3 is 25.4 Å². The number of hydrogen-bond acceptors (Lipinski definition) is 7. The highest BCUT2D eigenvalue weighted by atomic mass is 16.5. The lowest BCUT2D eigenvalue weighted by Crippen LogP contribution is -2.28. The summed E-state index contributed by atoms with van der Waals surface area (Å²) in [4.78, 5) is 18.4. The molecule has 2 aromatic carbocycles. The maximum absolute atomic E-state index is 12.8. The minimum atomic E-state index is -0.0684. The van der Waals surface area contributed by atoms with E-state index in [2.05, 4.69) is 16.0 Å². The van der Waals surface area contributed by atoms with E-state index in [1.807, 2.05) is 24.3 Å². The molecule has 8 heteroatoms. The Labute approximate surface area is 186 Å². The number of nitrogens with two attached hydrogens (primary N) is 2. The van der Waals surface area contributed by atoms with Crippen LogP contribution in [0.2, 0.25) is 0 Å². The summed E-state index contributed by atoms with van der Waals surface area (Å²) in [7, 11) is 0. The monoisotopic (exact) mass is 430 g/mol. The van der Waals surface area contributed by atoms with Gasteiger partial charge in [0.15, 0.2) is 5.43 Å². The maximum Gasteiger partial charge on any atom is 0.191 e. The number of anilines is 1. The molecule has 0 atom stereocenters. The number of H-pyrrole nitrogens is 1. The Bertz CT molecular complexity index is 1240. The lowest BCUT2D eigenvalue weighted by molar-refractivity contribution is 0.152. The summed E-state index contributed by atoms with van der Waals surface area (Å²) in [5, 5.41) is 11.3. The summed E-state index contributed by atoms with van der Waals surface area (Å²) in [6, 6.07) is 16.5. The lowest BCUT2D eigenvalue weighted by Gasteiger charge is -2.22. The summed E-state index contributed by atoms with van der Waals surface area (Å²) in [5.74, 6) is 6.93. The Morgan fingerprint density at radius 1 is 1.22 bits per heavy atom. The number of aromatic amines is 1. The van der Waals surface area contributed by atoms with Gasteiger partial charge >= 0.3 is 0 Å². The summed E-state index contributed by atoms with van der Waals surface area (Å²) >= 11 is 0. The predicted molar refractivity (Wildman–Crippen MR) is 125 cm³/mol. The van der Waals surface area contributed by atoms with E-state index in [0.29, 0.717) is 47.4 Å². The second-order valence-electron chi connectivity index (χ2n) is 7.73. The number of pyridine rings is 1. The van der Waals surface area contributed by atoms with Gasteiger partial charge in [-0.3, -0.25) is 4.79 Å². The fraction of sp³-hybridized carbons (Fsp3) is 0.250.